The molecule has 0 radical (unpaired) electrons. The first-order valence-corrected chi connectivity index (χ1v) is 7.29. The van der Waals surface area contributed by atoms with Crippen LogP contribution in [0.15, 0.2) is 22.7 Å². The lowest BCUT2D eigenvalue weighted by Gasteiger charge is -2.22. The zero-order valence-corrected chi connectivity index (χ0v) is 12.8. The molecule has 1 rings (SSSR count). The van der Waals surface area contributed by atoms with E-state index in [9.17, 15) is 8.60 Å². The molecule has 17 heavy (non-hydrogen) atoms. The van der Waals surface area contributed by atoms with Crippen molar-refractivity contribution in [3.8, 4) is 0 Å². The standard InChI is InChI=1S/C12H17BrFNOS/c1-8(15-17(16)12(2,3)4)10-6-5-9(13)7-11(10)14/h5-8,15H,1-4H3/t8-,17?/m0/s1. The van der Waals surface area contributed by atoms with Crippen molar-refractivity contribution in [3.05, 3.63) is 34.1 Å². The van der Waals surface area contributed by atoms with Crippen LogP contribution in [0.5, 0.6) is 0 Å². The van der Waals surface area contributed by atoms with Crippen molar-refractivity contribution in [3.63, 3.8) is 0 Å². The van der Waals surface area contributed by atoms with E-state index in [1.54, 1.807) is 19.1 Å². The molecule has 0 bridgehead atoms. The maximum Gasteiger partial charge on any atom is 0.129 e. The summed E-state index contributed by atoms with van der Waals surface area (Å²) in [6.45, 7) is 7.43. The van der Waals surface area contributed by atoms with E-state index in [-0.39, 0.29) is 16.6 Å². The van der Waals surface area contributed by atoms with Crippen LogP contribution in [0.1, 0.15) is 39.3 Å². The summed E-state index contributed by atoms with van der Waals surface area (Å²) in [7, 11) is -1.21. The summed E-state index contributed by atoms with van der Waals surface area (Å²) < 4.78 is 28.8. The van der Waals surface area contributed by atoms with Gasteiger partial charge in [0.05, 0.1) is 15.7 Å². The third-order valence-corrected chi connectivity index (χ3v) is 4.44. The Hall–Kier alpha value is -0.260. The molecule has 2 nitrogen and oxygen atoms in total. The van der Waals surface area contributed by atoms with Gasteiger partial charge in [0, 0.05) is 16.1 Å². The summed E-state index contributed by atoms with van der Waals surface area (Å²) in [5.41, 5.74) is 0.519. The van der Waals surface area contributed by atoms with E-state index in [1.807, 2.05) is 20.8 Å². The molecule has 1 unspecified atom stereocenters. The normalized spacial score (nSPS) is 15.6. The molecule has 0 saturated heterocycles. The quantitative estimate of drug-likeness (QED) is 0.903. The van der Waals surface area contributed by atoms with Crippen LogP contribution in [-0.4, -0.2) is 8.96 Å². The summed E-state index contributed by atoms with van der Waals surface area (Å²) in [5.74, 6) is -0.301. The monoisotopic (exact) mass is 321 g/mol. The minimum Gasteiger partial charge on any atom is -0.242 e. The van der Waals surface area contributed by atoms with E-state index < -0.39 is 11.0 Å². The van der Waals surface area contributed by atoms with Gasteiger partial charge in [0.25, 0.3) is 0 Å². The first kappa shape index (κ1) is 14.8. The molecule has 0 fully saturated rings. The van der Waals surface area contributed by atoms with Gasteiger partial charge in [0.15, 0.2) is 0 Å². The molecule has 0 amide bonds. The molecule has 1 aromatic carbocycles. The Labute approximate surface area is 113 Å². The van der Waals surface area contributed by atoms with Gasteiger partial charge >= 0.3 is 0 Å². The van der Waals surface area contributed by atoms with Crippen molar-refractivity contribution >= 4 is 26.9 Å². The van der Waals surface area contributed by atoms with Gasteiger partial charge in [-0.15, -0.1) is 0 Å². The molecule has 0 spiro atoms. The average Bonchev–Trinajstić information content (AvgIpc) is 2.15. The molecule has 96 valence electrons. The third-order valence-electron chi connectivity index (χ3n) is 2.27. The van der Waals surface area contributed by atoms with Crippen LogP contribution in [0.25, 0.3) is 0 Å². The van der Waals surface area contributed by atoms with E-state index in [2.05, 4.69) is 20.7 Å². The summed E-state index contributed by atoms with van der Waals surface area (Å²) in [5, 5.41) is 0. The van der Waals surface area contributed by atoms with E-state index in [4.69, 9.17) is 0 Å². The molecule has 0 aliphatic heterocycles. The SMILES string of the molecule is C[C@H](NS(=O)C(C)(C)C)c1ccc(Br)cc1F. The molecule has 0 aromatic heterocycles. The maximum absolute atomic E-state index is 13.7. The predicted octanol–water partition coefficient (Wildman–Crippen LogP) is 3.70. The number of hydrogen-bond acceptors (Lipinski definition) is 1. The van der Waals surface area contributed by atoms with Crippen molar-refractivity contribution in [2.45, 2.75) is 38.5 Å². The number of rotatable bonds is 3. The molecule has 1 N–H and O–H groups in total. The summed E-state index contributed by atoms with van der Waals surface area (Å²) in [6, 6.07) is 4.59. The fourth-order valence-corrected chi connectivity index (χ4v) is 2.39. The minimum atomic E-state index is -1.21. The second-order valence-electron chi connectivity index (χ2n) is 4.89. The van der Waals surface area contributed by atoms with Crippen LogP contribution in [0.4, 0.5) is 4.39 Å². The van der Waals surface area contributed by atoms with Crippen LogP contribution in [0, 0.1) is 5.82 Å². The molecule has 1 aromatic rings. The fraction of sp³-hybridized carbons (Fsp3) is 0.500. The second-order valence-corrected chi connectivity index (χ2v) is 7.80. The molecule has 0 aliphatic rings. The lowest BCUT2D eigenvalue weighted by molar-refractivity contribution is 0.571. The van der Waals surface area contributed by atoms with Crippen LogP contribution in [0.2, 0.25) is 0 Å². The highest BCUT2D eigenvalue weighted by molar-refractivity contribution is 9.10. The van der Waals surface area contributed by atoms with Crippen molar-refractivity contribution in [1.29, 1.82) is 0 Å². The topological polar surface area (TPSA) is 29.1 Å². The molecular weight excluding hydrogens is 305 g/mol. The first-order chi connectivity index (χ1) is 7.71. The molecule has 0 aliphatic carbocycles. The largest absolute Gasteiger partial charge is 0.242 e. The Morgan fingerprint density at radius 1 is 1.41 bits per heavy atom. The van der Waals surface area contributed by atoms with Crippen molar-refractivity contribution in [2.24, 2.45) is 0 Å². The van der Waals surface area contributed by atoms with E-state index in [0.717, 1.165) is 0 Å². The van der Waals surface area contributed by atoms with E-state index in [1.165, 1.54) is 6.07 Å². The van der Waals surface area contributed by atoms with Gasteiger partial charge < -0.3 is 0 Å². The van der Waals surface area contributed by atoms with E-state index in [0.29, 0.717) is 10.0 Å². The Bertz CT molecular complexity index is 431. The zero-order chi connectivity index (χ0) is 13.2. The Kier molecular flexibility index (Phi) is 4.86. The minimum absolute atomic E-state index is 0.289. The average molecular weight is 322 g/mol. The first-order valence-electron chi connectivity index (χ1n) is 5.35. The number of halogens is 2. The van der Waals surface area contributed by atoms with Crippen molar-refractivity contribution in [1.82, 2.24) is 4.72 Å². The van der Waals surface area contributed by atoms with Gasteiger partial charge in [-0.1, -0.05) is 22.0 Å². The van der Waals surface area contributed by atoms with Crippen molar-refractivity contribution in [2.75, 3.05) is 0 Å². The smallest absolute Gasteiger partial charge is 0.129 e. The Balaban J connectivity index is 2.84. The van der Waals surface area contributed by atoms with Gasteiger partial charge in [-0.05, 0) is 39.8 Å². The van der Waals surface area contributed by atoms with E-state index >= 15 is 0 Å². The number of nitrogens with one attached hydrogen (secondary N) is 1. The van der Waals surface area contributed by atoms with Crippen LogP contribution < -0.4 is 4.72 Å². The summed E-state index contributed by atoms with van der Waals surface area (Å²) in [4.78, 5) is 0. The lowest BCUT2D eigenvalue weighted by atomic mass is 10.1. The Morgan fingerprint density at radius 3 is 2.47 bits per heavy atom. The van der Waals surface area contributed by atoms with Crippen LogP contribution >= 0.6 is 15.9 Å². The summed E-state index contributed by atoms with van der Waals surface area (Å²) in [6.07, 6.45) is 0. The fourth-order valence-electron chi connectivity index (χ4n) is 1.25. The van der Waals surface area contributed by atoms with Gasteiger partial charge in [-0.3, -0.25) is 0 Å². The molecule has 2 atom stereocenters. The predicted molar refractivity (Wildman–Crippen MR) is 73.5 cm³/mol. The van der Waals surface area contributed by atoms with Crippen molar-refractivity contribution < 1.29 is 8.60 Å². The molecule has 0 saturated carbocycles. The Morgan fingerprint density at radius 2 is 2.00 bits per heavy atom. The lowest BCUT2D eigenvalue weighted by Crippen LogP contribution is -2.35. The second kappa shape index (κ2) is 5.59. The number of hydrogen-bond donors (Lipinski definition) is 1. The van der Waals surface area contributed by atoms with Gasteiger partial charge in [0.2, 0.25) is 0 Å². The molecule has 0 heterocycles. The van der Waals surface area contributed by atoms with Crippen LogP contribution in [-0.2, 0) is 11.0 Å². The summed E-state index contributed by atoms with van der Waals surface area (Å²) >= 11 is 3.21. The highest BCUT2D eigenvalue weighted by Gasteiger charge is 2.22. The highest BCUT2D eigenvalue weighted by Crippen LogP contribution is 2.22. The van der Waals surface area contributed by atoms with Gasteiger partial charge in [-0.25, -0.2) is 13.3 Å². The highest BCUT2D eigenvalue weighted by atomic mass is 79.9. The van der Waals surface area contributed by atoms with Gasteiger partial charge in [0.1, 0.15) is 5.82 Å². The third kappa shape index (κ3) is 4.16. The van der Waals surface area contributed by atoms with Crippen LogP contribution in [0.3, 0.4) is 0 Å². The van der Waals surface area contributed by atoms with Gasteiger partial charge in [-0.2, -0.15) is 0 Å². The zero-order valence-electron chi connectivity index (χ0n) is 10.4. The number of benzene rings is 1. The molecule has 5 heteroatoms. The molecular formula is C12H17BrFNOS. The maximum atomic E-state index is 13.7.